The summed E-state index contributed by atoms with van der Waals surface area (Å²) in [7, 11) is -2.77. The Balaban J connectivity index is 1.65. The molecule has 0 spiro atoms. The van der Waals surface area contributed by atoms with Crippen molar-refractivity contribution in [1.82, 2.24) is 14.5 Å². The Morgan fingerprint density at radius 3 is 2.48 bits per heavy atom. The Kier molecular flexibility index (Phi) is 5.49. The first-order chi connectivity index (χ1) is 15.4. The minimum Gasteiger partial charge on any atom is -0.497 e. The number of nitrogens with two attached hydrogens (primary N) is 1. The number of methoxy groups -OCH3 is 1. The maximum atomic E-state index is 13.7. The lowest BCUT2D eigenvalue weighted by Gasteiger charge is -2.30. The summed E-state index contributed by atoms with van der Waals surface area (Å²) in [5.41, 5.74) is 6.84. The van der Waals surface area contributed by atoms with Crippen LogP contribution in [0.25, 0.3) is 0 Å². The number of carbonyl (C=O) groups excluding carboxylic acids is 1. The van der Waals surface area contributed by atoms with E-state index in [1.165, 1.54) is 7.11 Å². The van der Waals surface area contributed by atoms with E-state index in [0.29, 0.717) is 34.3 Å². The van der Waals surface area contributed by atoms with Gasteiger partial charge in [-0.3, -0.25) is 9.89 Å². The van der Waals surface area contributed by atoms with E-state index in [-0.39, 0.29) is 24.4 Å². The molecule has 2 heterocycles. The Hall–Kier alpha value is -3.31. The van der Waals surface area contributed by atoms with Crippen LogP contribution in [0.4, 0.5) is 14.5 Å². The summed E-state index contributed by atoms with van der Waals surface area (Å²) in [4.78, 5) is 12.4. The third kappa shape index (κ3) is 3.87. The van der Waals surface area contributed by atoms with Crippen LogP contribution < -0.4 is 10.5 Å². The van der Waals surface area contributed by atoms with Crippen LogP contribution in [0.1, 0.15) is 41.2 Å². The van der Waals surface area contributed by atoms with Crippen molar-refractivity contribution in [1.29, 1.82) is 0 Å². The van der Waals surface area contributed by atoms with Crippen LogP contribution in [0.3, 0.4) is 0 Å². The molecule has 0 saturated carbocycles. The van der Waals surface area contributed by atoms with Gasteiger partial charge in [-0.2, -0.15) is 9.40 Å². The monoisotopic (exact) mass is 476 g/mol. The van der Waals surface area contributed by atoms with Gasteiger partial charge in [0.2, 0.25) is 10.0 Å². The number of nitrogens with one attached hydrogen (secondary N) is 1. The van der Waals surface area contributed by atoms with Crippen molar-refractivity contribution in [3.8, 4) is 5.75 Å². The van der Waals surface area contributed by atoms with Crippen molar-refractivity contribution >= 4 is 21.5 Å². The zero-order valence-electron chi connectivity index (χ0n) is 18.1. The molecule has 4 rings (SSSR count). The molecule has 0 fully saturated rings. The van der Waals surface area contributed by atoms with Gasteiger partial charge in [0.15, 0.2) is 5.78 Å². The van der Waals surface area contributed by atoms with Crippen molar-refractivity contribution in [3.05, 3.63) is 70.5 Å². The fraction of sp³-hybridized carbons (Fsp3) is 0.273. The number of nitrogens with zero attached hydrogens (tertiary/aromatic N) is 2. The van der Waals surface area contributed by atoms with Gasteiger partial charge in [0.1, 0.15) is 17.4 Å². The average molecular weight is 477 g/mol. The minimum absolute atomic E-state index is 0.0859. The molecule has 0 atom stereocenters. The fourth-order valence-electron chi connectivity index (χ4n) is 4.05. The number of carbonyl (C=O) groups is 1. The van der Waals surface area contributed by atoms with E-state index < -0.39 is 32.1 Å². The zero-order chi connectivity index (χ0) is 24.1. The van der Waals surface area contributed by atoms with Crippen molar-refractivity contribution in [2.75, 3.05) is 12.8 Å². The average Bonchev–Trinajstić information content (AvgIpc) is 3.25. The van der Waals surface area contributed by atoms with Crippen LogP contribution in [0.5, 0.6) is 5.75 Å². The van der Waals surface area contributed by atoms with Crippen LogP contribution in [0, 0.1) is 11.6 Å². The molecule has 1 aliphatic rings. The van der Waals surface area contributed by atoms with E-state index in [1.807, 2.05) is 0 Å². The topological polar surface area (TPSA) is 118 Å². The molecule has 174 valence electrons. The molecule has 0 bridgehead atoms. The third-order valence-electron chi connectivity index (χ3n) is 5.78. The smallest absolute Gasteiger partial charge is 0.244 e. The molecule has 0 amide bonds. The lowest BCUT2D eigenvalue weighted by molar-refractivity contribution is 0.0992. The number of hydrogen-bond acceptors (Lipinski definition) is 6. The Labute approximate surface area is 189 Å². The van der Waals surface area contributed by atoms with E-state index in [4.69, 9.17) is 10.5 Å². The molecule has 8 nitrogen and oxygen atoms in total. The number of anilines is 1. The number of halogens is 2. The molecule has 0 saturated heterocycles. The van der Waals surface area contributed by atoms with Gasteiger partial charge >= 0.3 is 0 Å². The summed E-state index contributed by atoms with van der Waals surface area (Å²) in [6.07, 6.45) is -0.0859. The number of fused-ring (bicyclic) bond motifs is 1. The molecule has 3 aromatic rings. The fourth-order valence-corrected chi connectivity index (χ4v) is 5.81. The highest BCUT2D eigenvalue weighted by Crippen LogP contribution is 2.42. The standard InChI is InChI=1S/C22H22F2N4O4S/c1-22(2)21-17(11-28(22)33(30,31)15-7-12(23)6-13(24)8-15)19(26-27-21)10-20(29)16-5-4-14(32-3)9-18(16)25/h4-9H,10-11,25H2,1-3H3,(H,26,27). The lowest BCUT2D eigenvalue weighted by Crippen LogP contribution is -2.40. The first kappa shape index (κ1) is 22.9. The van der Waals surface area contributed by atoms with Gasteiger partial charge < -0.3 is 10.5 Å². The number of rotatable bonds is 6. The third-order valence-corrected chi connectivity index (χ3v) is 7.78. The molecule has 2 aromatic carbocycles. The number of nitrogen functional groups attached to an aromatic ring is 1. The summed E-state index contributed by atoms with van der Waals surface area (Å²) >= 11 is 0. The first-order valence-corrected chi connectivity index (χ1v) is 11.4. The Morgan fingerprint density at radius 2 is 1.88 bits per heavy atom. The molecule has 11 heteroatoms. The van der Waals surface area contributed by atoms with Gasteiger partial charge in [-0.15, -0.1) is 0 Å². The van der Waals surface area contributed by atoms with E-state index in [0.717, 1.165) is 16.4 Å². The number of hydrogen-bond donors (Lipinski definition) is 2. The number of benzene rings is 2. The van der Waals surface area contributed by atoms with Gasteiger partial charge in [-0.1, -0.05) is 0 Å². The number of H-pyrrole nitrogens is 1. The predicted molar refractivity (Wildman–Crippen MR) is 116 cm³/mol. The number of sulfonamides is 1. The molecule has 1 aliphatic heterocycles. The second kappa shape index (κ2) is 7.92. The molecule has 33 heavy (non-hydrogen) atoms. The van der Waals surface area contributed by atoms with E-state index in [9.17, 15) is 22.0 Å². The molecular weight excluding hydrogens is 454 g/mol. The zero-order valence-corrected chi connectivity index (χ0v) is 19.0. The van der Waals surface area contributed by atoms with Crippen LogP contribution in [-0.4, -0.2) is 35.8 Å². The number of Topliss-reactive ketones (excluding diaryl/α,β-unsaturated/α-hetero) is 1. The number of aromatic nitrogens is 2. The summed E-state index contributed by atoms with van der Waals surface area (Å²) in [5, 5.41) is 7.08. The highest BCUT2D eigenvalue weighted by molar-refractivity contribution is 7.89. The number of ketones is 1. The van der Waals surface area contributed by atoms with Crippen molar-refractivity contribution < 1.29 is 26.7 Å². The summed E-state index contributed by atoms with van der Waals surface area (Å²) in [5.74, 6) is -1.75. The second-order valence-electron chi connectivity index (χ2n) is 8.26. The Morgan fingerprint density at radius 1 is 1.21 bits per heavy atom. The number of aromatic amines is 1. The quantitative estimate of drug-likeness (QED) is 0.417. The lowest BCUT2D eigenvalue weighted by atomic mass is 9.99. The Bertz CT molecular complexity index is 1350. The minimum atomic E-state index is -4.26. The van der Waals surface area contributed by atoms with Crippen LogP contribution >= 0.6 is 0 Å². The summed E-state index contributed by atoms with van der Waals surface area (Å²) in [6, 6.07) is 6.87. The molecule has 3 N–H and O–H groups in total. The first-order valence-electron chi connectivity index (χ1n) is 9.97. The molecule has 1 aromatic heterocycles. The highest BCUT2D eigenvalue weighted by Gasteiger charge is 2.48. The van der Waals surface area contributed by atoms with Gasteiger partial charge in [-0.05, 0) is 38.1 Å². The van der Waals surface area contributed by atoms with Crippen molar-refractivity contribution in [3.63, 3.8) is 0 Å². The van der Waals surface area contributed by atoms with Crippen LogP contribution in [0.15, 0.2) is 41.3 Å². The predicted octanol–water partition coefficient (Wildman–Crippen LogP) is 3.14. The van der Waals surface area contributed by atoms with Gasteiger partial charge in [0.05, 0.1) is 29.7 Å². The largest absolute Gasteiger partial charge is 0.497 e. The van der Waals surface area contributed by atoms with Crippen LogP contribution in [0.2, 0.25) is 0 Å². The van der Waals surface area contributed by atoms with Crippen LogP contribution in [-0.2, 0) is 28.5 Å². The maximum absolute atomic E-state index is 13.7. The molecule has 0 aliphatic carbocycles. The van der Waals surface area contributed by atoms with Crippen molar-refractivity contribution in [2.24, 2.45) is 0 Å². The summed E-state index contributed by atoms with van der Waals surface area (Å²) in [6.45, 7) is 3.17. The SMILES string of the molecule is COc1ccc(C(=O)Cc2[nH]nc3c2CN(S(=O)(=O)c2cc(F)cc(F)c2)C3(C)C)c(N)c1. The van der Waals surface area contributed by atoms with Gasteiger partial charge in [0, 0.05) is 41.2 Å². The van der Waals surface area contributed by atoms with E-state index >= 15 is 0 Å². The van der Waals surface area contributed by atoms with E-state index in [2.05, 4.69) is 10.2 Å². The van der Waals surface area contributed by atoms with E-state index in [1.54, 1.807) is 32.0 Å². The van der Waals surface area contributed by atoms with Gasteiger partial charge in [-0.25, -0.2) is 17.2 Å². The normalized spacial score (nSPS) is 15.4. The maximum Gasteiger partial charge on any atom is 0.244 e. The highest BCUT2D eigenvalue weighted by atomic mass is 32.2. The van der Waals surface area contributed by atoms with Crippen molar-refractivity contribution in [2.45, 2.75) is 37.2 Å². The molecule has 0 unspecified atom stereocenters. The van der Waals surface area contributed by atoms with Gasteiger partial charge in [0.25, 0.3) is 0 Å². The summed E-state index contributed by atoms with van der Waals surface area (Å²) < 4.78 is 60.1. The molecule has 0 radical (unpaired) electrons. The number of ether oxygens (including phenoxy) is 1. The molecular formula is C22H22F2N4O4S. The second-order valence-corrected chi connectivity index (χ2v) is 10.1.